The van der Waals surface area contributed by atoms with Crippen molar-refractivity contribution in [2.45, 2.75) is 25.8 Å². The highest BCUT2D eigenvalue weighted by Crippen LogP contribution is 2.20. The van der Waals surface area contributed by atoms with E-state index >= 15 is 0 Å². The quantitative estimate of drug-likeness (QED) is 0.808. The largest absolute Gasteiger partial charge is 0.372 e. The van der Waals surface area contributed by atoms with E-state index in [2.05, 4.69) is 22.3 Å². The van der Waals surface area contributed by atoms with Crippen LogP contribution in [0.4, 0.5) is 11.4 Å². The Kier molecular flexibility index (Phi) is 6.24. The molecule has 0 saturated carbocycles. The Morgan fingerprint density at radius 2 is 1.75 bits per heavy atom. The average molecular weight is 402 g/mol. The van der Waals surface area contributed by atoms with Gasteiger partial charge in [-0.3, -0.25) is 9.10 Å². The molecule has 0 bridgehead atoms. The van der Waals surface area contributed by atoms with Gasteiger partial charge in [0.05, 0.1) is 11.9 Å². The summed E-state index contributed by atoms with van der Waals surface area (Å²) in [6.07, 6.45) is 4.92. The zero-order chi connectivity index (χ0) is 20.1. The van der Waals surface area contributed by atoms with Gasteiger partial charge in [0.25, 0.3) is 5.91 Å². The molecular formula is C21H27N3O3S. The van der Waals surface area contributed by atoms with Gasteiger partial charge in [0.2, 0.25) is 10.0 Å². The number of nitrogens with one attached hydrogen (secondary N) is 1. The van der Waals surface area contributed by atoms with Gasteiger partial charge in [-0.25, -0.2) is 8.42 Å². The topological polar surface area (TPSA) is 69.7 Å². The van der Waals surface area contributed by atoms with E-state index in [0.29, 0.717) is 17.8 Å². The van der Waals surface area contributed by atoms with Crippen LogP contribution < -0.4 is 14.5 Å². The van der Waals surface area contributed by atoms with E-state index in [1.54, 1.807) is 24.3 Å². The second-order valence-corrected chi connectivity index (χ2v) is 9.19. The number of benzene rings is 2. The number of hydrogen-bond donors (Lipinski definition) is 1. The first-order valence-corrected chi connectivity index (χ1v) is 11.4. The molecule has 0 aromatic heterocycles. The molecule has 1 heterocycles. The van der Waals surface area contributed by atoms with Gasteiger partial charge in [0.1, 0.15) is 0 Å². The van der Waals surface area contributed by atoms with Crippen molar-refractivity contribution in [3.63, 3.8) is 0 Å². The maximum atomic E-state index is 12.5. The summed E-state index contributed by atoms with van der Waals surface area (Å²) in [5.74, 6) is -0.233. The van der Waals surface area contributed by atoms with Crippen LogP contribution in [0.3, 0.4) is 0 Å². The average Bonchev–Trinajstić information content (AvgIpc) is 2.72. The number of amides is 1. The third-order valence-electron chi connectivity index (χ3n) is 5.08. The molecule has 1 N–H and O–H groups in total. The van der Waals surface area contributed by atoms with E-state index in [0.717, 1.165) is 29.2 Å². The van der Waals surface area contributed by atoms with Crippen LogP contribution in [0.5, 0.6) is 0 Å². The van der Waals surface area contributed by atoms with Crippen molar-refractivity contribution < 1.29 is 13.2 Å². The second kappa shape index (κ2) is 8.65. The zero-order valence-corrected chi connectivity index (χ0v) is 17.2. The lowest BCUT2D eigenvalue weighted by molar-refractivity contribution is 0.0951. The fraction of sp³-hybridized carbons (Fsp3) is 0.381. The Morgan fingerprint density at radius 1 is 1.07 bits per heavy atom. The first-order chi connectivity index (χ1) is 13.3. The third-order valence-corrected chi connectivity index (χ3v) is 6.29. The predicted molar refractivity (Wildman–Crippen MR) is 113 cm³/mol. The number of rotatable bonds is 6. The van der Waals surface area contributed by atoms with Gasteiger partial charge in [0.15, 0.2) is 0 Å². The summed E-state index contributed by atoms with van der Waals surface area (Å²) >= 11 is 0. The molecule has 1 amide bonds. The summed E-state index contributed by atoms with van der Waals surface area (Å²) in [7, 11) is -1.90. The molecule has 7 heteroatoms. The minimum absolute atomic E-state index is 0.233. The highest BCUT2D eigenvalue weighted by molar-refractivity contribution is 7.92. The summed E-state index contributed by atoms with van der Waals surface area (Å²) < 4.78 is 24.5. The van der Waals surface area contributed by atoms with E-state index in [4.69, 9.17) is 0 Å². The van der Waals surface area contributed by atoms with Crippen LogP contribution in [-0.4, -0.2) is 40.7 Å². The van der Waals surface area contributed by atoms with E-state index < -0.39 is 10.0 Å². The number of anilines is 2. The van der Waals surface area contributed by atoms with Gasteiger partial charge in [-0.15, -0.1) is 0 Å². The van der Waals surface area contributed by atoms with Crippen LogP contribution in [0.1, 0.15) is 35.2 Å². The number of carbonyl (C=O) groups is 1. The van der Waals surface area contributed by atoms with Crippen molar-refractivity contribution in [3.05, 3.63) is 59.7 Å². The molecule has 1 saturated heterocycles. The molecule has 0 aliphatic carbocycles. The van der Waals surface area contributed by atoms with Gasteiger partial charge in [0, 0.05) is 37.9 Å². The van der Waals surface area contributed by atoms with Crippen molar-refractivity contribution in [2.75, 3.05) is 35.6 Å². The summed E-state index contributed by atoms with van der Waals surface area (Å²) in [4.78, 5) is 14.9. The van der Waals surface area contributed by atoms with Crippen molar-refractivity contribution >= 4 is 27.3 Å². The first-order valence-electron chi connectivity index (χ1n) is 9.51. The minimum Gasteiger partial charge on any atom is -0.372 e. The number of carbonyl (C=O) groups excluding carboxylic acids is 1. The summed E-state index contributed by atoms with van der Waals surface area (Å²) in [6, 6.07) is 14.9. The lowest BCUT2D eigenvalue weighted by Crippen LogP contribution is -2.29. The number of piperidine rings is 1. The molecule has 2 aromatic carbocycles. The third kappa shape index (κ3) is 5.04. The molecule has 1 aliphatic heterocycles. The molecule has 28 heavy (non-hydrogen) atoms. The predicted octanol–water partition coefficient (Wildman–Crippen LogP) is 3.00. The molecule has 0 spiro atoms. The van der Waals surface area contributed by atoms with Gasteiger partial charge in [-0.2, -0.15) is 0 Å². The monoisotopic (exact) mass is 401 g/mol. The Morgan fingerprint density at radius 3 is 2.39 bits per heavy atom. The van der Waals surface area contributed by atoms with Gasteiger partial charge in [-0.1, -0.05) is 18.2 Å². The molecule has 2 aromatic rings. The van der Waals surface area contributed by atoms with Gasteiger partial charge < -0.3 is 10.2 Å². The van der Waals surface area contributed by atoms with Gasteiger partial charge in [-0.05, 0) is 55.2 Å². The molecule has 3 rings (SSSR count). The zero-order valence-electron chi connectivity index (χ0n) is 16.4. The number of hydrogen-bond acceptors (Lipinski definition) is 4. The van der Waals surface area contributed by atoms with Crippen LogP contribution in [0.15, 0.2) is 48.5 Å². The van der Waals surface area contributed by atoms with Crippen LogP contribution in [0.25, 0.3) is 0 Å². The van der Waals surface area contributed by atoms with Crippen LogP contribution in [0, 0.1) is 0 Å². The van der Waals surface area contributed by atoms with Crippen LogP contribution in [0.2, 0.25) is 0 Å². The smallest absolute Gasteiger partial charge is 0.251 e. The SMILES string of the molecule is CN(c1cccc(C(=O)NCc2ccc(N3CCCCC3)cc2)c1)S(C)(=O)=O. The van der Waals surface area contributed by atoms with Crippen molar-refractivity contribution in [1.82, 2.24) is 5.32 Å². The Balaban J connectivity index is 1.61. The van der Waals surface area contributed by atoms with E-state index in [1.807, 2.05) is 12.1 Å². The standard InChI is InChI=1S/C21H27N3O3S/c1-23(28(2,26)27)20-8-6-7-18(15-20)21(25)22-16-17-9-11-19(12-10-17)24-13-4-3-5-14-24/h6-12,15H,3-5,13-14,16H2,1-2H3,(H,22,25). The van der Waals surface area contributed by atoms with Gasteiger partial charge >= 0.3 is 0 Å². The van der Waals surface area contributed by atoms with E-state index in [-0.39, 0.29) is 5.91 Å². The first kappa shape index (κ1) is 20.2. The Bertz CT molecular complexity index is 920. The normalized spacial score (nSPS) is 14.6. The maximum Gasteiger partial charge on any atom is 0.251 e. The molecular weight excluding hydrogens is 374 g/mol. The summed E-state index contributed by atoms with van der Waals surface area (Å²) in [5, 5.41) is 2.90. The molecule has 0 unspecified atom stereocenters. The van der Waals surface area contributed by atoms with E-state index in [9.17, 15) is 13.2 Å². The highest BCUT2D eigenvalue weighted by atomic mass is 32.2. The lowest BCUT2D eigenvalue weighted by Gasteiger charge is -2.28. The minimum atomic E-state index is -3.37. The molecule has 150 valence electrons. The Hall–Kier alpha value is -2.54. The van der Waals surface area contributed by atoms with Crippen LogP contribution >= 0.6 is 0 Å². The molecule has 6 nitrogen and oxygen atoms in total. The fourth-order valence-electron chi connectivity index (χ4n) is 3.30. The maximum absolute atomic E-state index is 12.5. The Labute approximate surface area is 167 Å². The van der Waals surface area contributed by atoms with Crippen molar-refractivity contribution in [1.29, 1.82) is 0 Å². The number of sulfonamides is 1. The summed E-state index contributed by atoms with van der Waals surface area (Å²) in [5.41, 5.74) is 3.14. The van der Waals surface area contributed by atoms with Crippen molar-refractivity contribution in [3.8, 4) is 0 Å². The van der Waals surface area contributed by atoms with Crippen LogP contribution in [-0.2, 0) is 16.6 Å². The van der Waals surface area contributed by atoms with Crippen molar-refractivity contribution in [2.24, 2.45) is 0 Å². The molecule has 1 fully saturated rings. The highest BCUT2D eigenvalue weighted by Gasteiger charge is 2.14. The molecule has 1 aliphatic rings. The number of nitrogens with zero attached hydrogens (tertiary/aromatic N) is 2. The fourth-order valence-corrected chi connectivity index (χ4v) is 3.79. The summed E-state index contributed by atoms with van der Waals surface area (Å²) in [6.45, 7) is 2.63. The van der Waals surface area contributed by atoms with E-state index in [1.165, 1.54) is 32.0 Å². The lowest BCUT2D eigenvalue weighted by atomic mass is 10.1. The second-order valence-electron chi connectivity index (χ2n) is 7.18. The molecule has 0 atom stereocenters. The molecule has 0 radical (unpaired) electrons.